The highest BCUT2D eigenvalue weighted by Gasteiger charge is 2.19. The van der Waals surface area contributed by atoms with Gasteiger partial charge in [0.1, 0.15) is 11.2 Å². The first kappa shape index (κ1) is 18.6. The maximum absolute atomic E-state index is 11.7. The van der Waals surface area contributed by atoms with Crippen LogP contribution in [0.25, 0.3) is 0 Å². The molecule has 0 bridgehead atoms. The Morgan fingerprint density at radius 3 is 2.05 bits per heavy atom. The molecule has 4 heteroatoms. The lowest BCUT2D eigenvalue weighted by Crippen LogP contribution is -2.38. The molecule has 1 amide bonds. The van der Waals surface area contributed by atoms with Crippen molar-refractivity contribution in [3.63, 3.8) is 0 Å². The fourth-order valence-electron chi connectivity index (χ4n) is 1.51. The summed E-state index contributed by atoms with van der Waals surface area (Å²) in [6.07, 6.45) is 2.58. The molecule has 1 N–H and O–H groups in total. The fourth-order valence-corrected chi connectivity index (χ4v) is 1.51. The summed E-state index contributed by atoms with van der Waals surface area (Å²) in [7, 11) is 0. The first-order chi connectivity index (χ1) is 8.93. The average molecular weight is 283 g/mol. The second-order valence-corrected chi connectivity index (χ2v) is 6.78. The highest BCUT2D eigenvalue weighted by atomic mass is 16.6. The number of carbonyl (C=O) groups is 1. The highest BCUT2D eigenvalue weighted by Crippen LogP contribution is 2.17. The molecule has 0 aliphatic carbocycles. The van der Waals surface area contributed by atoms with Gasteiger partial charge in [-0.05, 0) is 48.0 Å². The molecule has 0 heterocycles. The molecule has 0 aliphatic heterocycles. The highest BCUT2D eigenvalue weighted by molar-refractivity contribution is 5.68. The smallest absolute Gasteiger partial charge is 0.408 e. The Bertz CT molecular complexity index is 348. The van der Waals surface area contributed by atoms with Crippen LogP contribution in [0.3, 0.4) is 0 Å². The van der Waals surface area contributed by atoms with E-state index in [1.54, 1.807) is 6.08 Å². The van der Waals surface area contributed by atoms with E-state index in [9.17, 15) is 4.79 Å². The maximum Gasteiger partial charge on any atom is 0.408 e. The minimum absolute atomic E-state index is 0.162. The topological polar surface area (TPSA) is 47.6 Å². The summed E-state index contributed by atoms with van der Waals surface area (Å²) >= 11 is 0. The lowest BCUT2D eigenvalue weighted by Gasteiger charge is -2.25. The number of hydrogen-bond donors (Lipinski definition) is 1. The van der Waals surface area contributed by atoms with E-state index in [2.05, 4.69) is 18.5 Å². The van der Waals surface area contributed by atoms with Gasteiger partial charge in [-0.2, -0.15) is 0 Å². The van der Waals surface area contributed by atoms with Crippen molar-refractivity contribution in [2.75, 3.05) is 0 Å². The summed E-state index contributed by atoms with van der Waals surface area (Å²) in [5.74, 6) is 0.704. The molecule has 0 fully saturated rings. The molecular weight excluding hydrogens is 254 g/mol. The van der Waals surface area contributed by atoms with Crippen molar-refractivity contribution in [1.82, 2.24) is 5.32 Å². The van der Waals surface area contributed by atoms with Crippen LogP contribution in [-0.4, -0.2) is 23.3 Å². The van der Waals surface area contributed by atoms with Gasteiger partial charge in [0, 0.05) is 6.42 Å². The largest absolute Gasteiger partial charge is 0.493 e. The SMILES string of the molecule is C=C[C@H](CCC(=C)OC(C)(C)C)NC(=O)OC(C)(C)C. The van der Waals surface area contributed by atoms with E-state index in [0.29, 0.717) is 18.6 Å². The molecule has 0 spiro atoms. The van der Waals surface area contributed by atoms with Crippen LogP contribution in [-0.2, 0) is 9.47 Å². The van der Waals surface area contributed by atoms with Gasteiger partial charge in [0.05, 0.1) is 11.8 Å². The van der Waals surface area contributed by atoms with Gasteiger partial charge in [-0.3, -0.25) is 0 Å². The van der Waals surface area contributed by atoms with Gasteiger partial charge in [0.25, 0.3) is 0 Å². The Hall–Kier alpha value is -1.45. The Morgan fingerprint density at radius 1 is 1.15 bits per heavy atom. The number of alkyl carbamates (subject to hydrolysis) is 1. The predicted molar refractivity (Wildman–Crippen MR) is 82.6 cm³/mol. The summed E-state index contributed by atoms with van der Waals surface area (Å²) in [5, 5.41) is 2.77. The third-order valence-corrected chi connectivity index (χ3v) is 2.17. The monoisotopic (exact) mass is 283 g/mol. The first-order valence-corrected chi connectivity index (χ1v) is 6.92. The molecular formula is C16H29NO3. The molecule has 0 saturated carbocycles. The number of ether oxygens (including phenoxy) is 2. The summed E-state index contributed by atoms with van der Waals surface area (Å²) in [6, 6.07) is -0.162. The fraction of sp³-hybridized carbons (Fsp3) is 0.688. The van der Waals surface area contributed by atoms with Gasteiger partial charge in [-0.25, -0.2) is 4.79 Å². The van der Waals surface area contributed by atoms with Gasteiger partial charge < -0.3 is 14.8 Å². The number of hydrogen-bond acceptors (Lipinski definition) is 3. The van der Waals surface area contributed by atoms with Crippen molar-refractivity contribution in [2.24, 2.45) is 0 Å². The van der Waals surface area contributed by atoms with Gasteiger partial charge in [0.15, 0.2) is 0 Å². The number of amides is 1. The van der Waals surface area contributed by atoms with E-state index in [0.717, 1.165) is 0 Å². The molecule has 116 valence electrons. The maximum atomic E-state index is 11.7. The minimum Gasteiger partial charge on any atom is -0.493 e. The predicted octanol–water partition coefficient (Wildman–Crippen LogP) is 4.17. The van der Waals surface area contributed by atoms with E-state index in [4.69, 9.17) is 9.47 Å². The average Bonchev–Trinajstić information content (AvgIpc) is 2.18. The Kier molecular flexibility index (Phi) is 6.83. The molecule has 0 radical (unpaired) electrons. The first-order valence-electron chi connectivity index (χ1n) is 6.92. The van der Waals surface area contributed by atoms with E-state index < -0.39 is 11.7 Å². The van der Waals surface area contributed by atoms with Crippen LogP contribution in [0.4, 0.5) is 4.79 Å². The van der Waals surface area contributed by atoms with Crippen molar-refractivity contribution >= 4 is 6.09 Å². The number of nitrogens with one attached hydrogen (secondary N) is 1. The Balaban J connectivity index is 4.20. The molecule has 0 aliphatic rings. The van der Waals surface area contributed by atoms with Crippen LogP contribution in [0.1, 0.15) is 54.4 Å². The van der Waals surface area contributed by atoms with Crippen molar-refractivity contribution in [1.29, 1.82) is 0 Å². The summed E-state index contributed by atoms with van der Waals surface area (Å²) < 4.78 is 10.9. The number of allylic oxidation sites excluding steroid dienone is 1. The summed E-state index contributed by atoms with van der Waals surface area (Å²) in [4.78, 5) is 11.7. The third kappa shape index (κ3) is 10.5. The van der Waals surface area contributed by atoms with Crippen LogP contribution in [0.5, 0.6) is 0 Å². The van der Waals surface area contributed by atoms with Crippen molar-refractivity contribution < 1.29 is 14.3 Å². The Morgan fingerprint density at radius 2 is 1.65 bits per heavy atom. The van der Waals surface area contributed by atoms with Crippen molar-refractivity contribution in [3.05, 3.63) is 25.0 Å². The zero-order valence-electron chi connectivity index (χ0n) is 13.7. The lowest BCUT2D eigenvalue weighted by atomic mass is 10.1. The zero-order valence-corrected chi connectivity index (χ0v) is 13.7. The molecule has 0 saturated heterocycles. The van der Waals surface area contributed by atoms with E-state index in [-0.39, 0.29) is 11.6 Å². The lowest BCUT2D eigenvalue weighted by molar-refractivity contribution is 0.0442. The van der Waals surface area contributed by atoms with Crippen molar-refractivity contribution in [3.8, 4) is 0 Å². The van der Waals surface area contributed by atoms with Gasteiger partial charge in [-0.15, -0.1) is 6.58 Å². The van der Waals surface area contributed by atoms with Gasteiger partial charge in [0.2, 0.25) is 0 Å². The Labute approximate surface area is 123 Å². The van der Waals surface area contributed by atoms with Crippen LogP contribution in [0.2, 0.25) is 0 Å². The van der Waals surface area contributed by atoms with E-state index in [1.807, 2.05) is 41.5 Å². The van der Waals surface area contributed by atoms with Crippen LogP contribution in [0.15, 0.2) is 25.0 Å². The minimum atomic E-state index is -0.505. The second kappa shape index (κ2) is 7.36. The molecule has 1 atom stereocenters. The molecule has 0 rings (SSSR count). The van der Waals surface area contributed by atoms with E-state index >= 15 is 0 Å². The third-order valence-electron chi connectivity index (χ3n) is 2.17. The molecule has 0 aromatic rings. The molecule has 20 heavy (non-hydrogen) atoms. The standard InChI is InChI=1S/C16H29NO3/c1-9-13(17-14(18)20-16(6,7)8)11-10-12(2)19-15(3,4)5/h9,13H,1-2,10-11H2,3-8H3,(H,17,18)/t13-/m1/s1. The number of carbonyl (C=O) groups excluding carboxylic acids is 1. The molecule has 0 aromatic carbocycles. The second-order valence-electron chi connectivity index (χ2n) is 6.78. The van der Waals surface area contributed by atoms with Crippen LogP contribution < -0.4 is 5.32 Å². The molecule has 4 nitrogen and oxygen atoms in total. The number of rotatable bonds is 6. The molecule has 0 aromatic heterocycles. The van der Waals surface area contributed by atoms with Crippen molar-refractivity contribution in [2.45, 2.75) is 71.6 Å². The summed E-state index contributed by atoms with van der Waals surface area (Å²) in [5.41, 5.74) is -0.756. The normalized spacial score (nSPS) is 13.3. The molecule has 0 unspecified atom stereocenters. The van der Waals surface area contributed by atoms with Crippen LogP contribution in [0, 0.1) is 0 Å². The van der Waals surface area contributed by atoms with Gasteiger partial charge >= 0.3 is 6.09 Å². The zero-order chi connectivity index (χ0) is 16.0. The van der Waals surface area contributed by atoms with Crippen LogP contribution >= 0.6 is 0 Å². The summed E-state index contributed by atoms with van der Waals surface area (Å²) in [6.45, 7) is 19.0. The van der Waals surface area contributed by atoms with Gasteiger partial charge in [-0.1, -0.05) is 12.7 Å². The van der Waals surface area contributed by atoms with E-state index in [1.165, 1.54) is 0 Å². The quantitative estimate of drug-likeness (QED) is 0.587.